The predicted molar refractivity (Wildman–Crippen MR) is 85.8 cm³/mol. The Morgan fingerprint density at radius 3 is 2.70 bits per heavy atom. The minimum Gasteiger partial charge on any atom is -0.378 e. The third-order valence-corrected chi connectivity index (χ3v) is 3.70. The molecule has 0 bridgehead atoms. The van der Waals surface area contributed by atoms with Gasteiger partial charge in [0, 0.05) is 37.5 Å². The van der Waals surface area contributed by atoms with E-state index in [2.05, 4.69) is 48.2 Å². The fourth-order valence-corrected chi connectivity index (χ4v) is 2.43. The van der Waals surface area contributed by atoms with Crippen molar-refractivity contribution in [3.63, 3.8) is 0 Å². The number of hydrogen-bond acceptors (Lipinski definition) is 4. The van der Waals surface area contributed by atoms with Crippen molar-refractivity contribution in [1.82, 2.24) is 9.97 Å². The van der Waals surface area contributed by atoms with Crippen LogP contribution in [0.4, 0.5) is 17.2 Å². The van der Waals surface area contributed by atoms with Crippen LogP contribution in [0.1, 0.15) is 24.6 Å². The third-order valence-electron chi connectivity index (χ3n) is 3.29. The lowest BCUT2D eigenvalue weighted by Gasteiger charge is -2.14. The summed E-state index contributed by atoms with van der Waals surface area (Å²) in [5.74, 6) is 2.32. The second kappa shape index (κ2) is 5.40. The van der Waals surface area contributed by atoms with Gasteiger partial charge in [-0.1, -0.05) is 6.07 Å². The first-order valence-electron chi connectivity index (χ1n) is 6.71. The molecule has 3 rings (SSSR count). The highest BCUT2D eigenvalue weighted by atomic mass is 79.9. The molecule has 0 unspecified atom stereocenters. The lowest BCUT2D eigenvalue weighted by molar-refractivity contribution is 0.919. The van der Waals surface area contributed by atoms with Gasteiger partial charge in [-0.3, -0.25) is 0 Å². The van der Waals surface area contributed by atoms with Crippen LogP contribution in [0.2, 0.25) is 0 Å². The van der Waals surface area contributed by atoms with Crippen molar-refractivity contribution in [2.45, 2.75) is 18.8 Å². The first kappa shape index (κ1) is 13.4. The van der Waals surface area contributed by atoms with E-state index in [1.807, 2.05) is 32.3 Å². The minimum atomic E-state index is 0.543. The number of anilines is 3. The summed E-state index contributed by atoms with van der Waals surface area (Å²) in [7, 11) is 4.07. The molecule has 20 heavy (non-hydrogen) atoms. The first-order valence-corrected chi connectivity index (χ1v) is 7.50. The van der Waals surface area contributed by atoms with Gasteiger partial charge in [0.05, 0.1) is 0 Å². The van der Waals surface area contributed by atoms with Crippen LogP contribution in [0.15, 0.2) is 34.9 Å². The Kier molecular flexibility index (Phi) is 3.61. The molecule has 0 spiro atoms. The molecule has 1 N–H and O–H groups in total. The van der Waals surface area contributed by atoms with Crippen LogP contribution in [0.25, 0.3) is 0 Å². The Morgan fingerprint density at radius 2 is 2.00 bits per heavy atom. The highest BCUT2D eigenvalue weighted by Crippen LogP contribution is 2.39. The number of benzene rings is 1. The van der Waals surface area contributed by atoms with Crippen LogP contribution in [0.5, 0.6) is 0 Å². The maximum absolute atomic E-state index is 4.60. The number of hydrogen-bond donors (Lipinski definition) is 1. The second-order valence-electron chi connectivity index (χ2n) is 5.28. The van der Waals surface area contributed by atoms with Gasteiger partial charge in [0.2, 0.25) is 0 Å². The average Bonchev–Trinajstić information content (AvgIpc) is 3.22. The summed E-state index contributed by atoms with van der Waals surface area (Å²) >= 11 is 3.46. The second-order valence-corrected chi connectivity index (χ2v) is 6.09. The molecule has 1 heterocycles. The molecule has 1 aromatic heterocycles. The maximum atomic E-state index is 4.60. The van der Waals surface area contributed by atoms with Crippen molar-refractivity contribution >= 4 is 33.1 Å². The van der Waals surface area contributed by atoms with Gasteiger partial charge in [-0.25, -0.2) is 9.97 Å². The SMILES string of the molecule is CN(C)c1cccc(Nc2cc(Br)nc(C3CC3)n2)c1. The number of halogens is 1. The predicted octanol–water partition coefficient (Wildman–Crippen LogP) is 3.93. The number of rotatable bonds is 4. The molecule has 1 aliphatic rings. The molecule has 0 saturated heterocycles. The molecule has 5 heteroatoms. The Hall–Kier alpha value is -1.62. The Morgan fingerprint density at radius 1 is 1.20 bits per heavy atom. The molecule has 1 aliphatic carbocycles. The summed E-state index contributed by atoms with van der Waals surface area (Å²) in [6, 6.07) is 10.2. The lowest BCUT2D eigenvalue weighted by Crippen LogP contribution is -2.08. The summed E-state index contributed by atoms with van der Waals surface area (Å²) in [5.41, 5.74) is 2.19. The van der Waals surface area contributed by atoms with Crippen molar-refractivity contribution in [2.75, 3.05) is 24.3 Å². The van der Waals surface area contributed by atoms with Crippen molar-refractivity contribution < 1.29 is 0 Å². The van der Waals surface area contributed by atoms with Crippen LogP contribution in [0.3, 0.4) is 0 Å². The van der Waals surface area contributed by atoms with Gasteiger partial charge < -0.3 is 10.2 Å². The first-order chi connectivity index (χ1) is 9.61. The summed E-state index contributed by atoms with van der Waals surface area (Å²) in [5, 5.41) is 3.36. The van der Waals surface area contributed by atoms with Gasteiger partial charge in [-0.2, -0.15) is 0 Å². The zero-order chi connectivity index (χ0) is 14.1. The van der Waals surface area contributed by atoms with Crippen LogP contribution >= 0.6 is 15.9 Å². The molecule has 1 saturated carbocycles. The lowest BCUT2D eigenvalue weighted by atomic mass is 10.2. The summed E-state index contributed by atoms with van der Waals surface area (Å²) < 4.78 is 0.834. The number of nitrogens with one attached hydrogen (secondary N) is 1. The zero-order valence-electron chi connectivity index (χ0n) is 11.6. The molecule has 0 radical (unpaired) electrons. The van der Waals surface area contributed by atoms with E-state index in [1.54, 1.807) is 0 Å². The molecule has 0 aliphatic heterocycles. The van der Waals surface area contributed by atoms with E-state index in [4.69, 9.17) is 0 Å². The fourth-order valence-electron chi connectivity index (χ4n) is 2.03. The number of aromatic nitrogens is 2. The fraction of sp³-hybridized carbons (Fsp3) is 0.333. The van der Waals surface area contributed by atoms with E-state index in [0.29, 0.717) is 5.92 Å². The summed E-state index contributed by atoms with van der Waals surface area (Å²) in [6.45, 7) is 0. The summed E-state index contributed by atoms with van der Waals surface area (Å²) in [4.78, 5) is 11.1. The van der Waals surface area contributed by atoms with E-state index < -0.39 is 0 Å². The van der Waals surface area contributed by atoms with Crippen molar-refractivity contribution in [2.24, 2.45) is 0 Å². The monoisotopic (exact) mass is 332 g/mol. The number of nitrogens with zero attached hydrogens (tertiary/aromatic N) is 3. The van der Waals surface area contributed by atoms with Gasteiger partial charge >= 0.3 is 0 Å². The van der Waals surface area contributed by atoms with Gasteiger partial charge in [0.15, 0.2) is 0 Å². The zero-order valence-corrected chi connectivity index (χ0v) is 13.2. The molecule has 1 fully saturated rings. The largest absolute Gasteiger partial charge is 0.378 e. The normalized spacial score (nSPS) is 14.2. The molecular formula is C15H17BrN4. The average molecular weight is 333 g/mol. The standard InChI is InChI=1S/C15H17BrN4/c1-20(2)12-5-3-4-11(8-12)17-14-9-13(16)18-15(19-14)10-6-7-10/h3-5,8-10H,6-7H2,1-2H3,(H,17,18,19). The molecular weight excluding hydrogens is 316 g/mol. The molecule has 0 amide bonds. The van der Waals surface area contributed by atoms with Crippen molar-refractivity contribution in [3.05, 3.63) is 40.8 Å². The van der Waals surface area contributed by atoms with Crippen molar-refractivity contribution in [1.29, 1.82) is 0 Å². The molecule has 0 atom stereocenters. The van der Waals surface area contributed by atoms with Gasteiger partial charge in [-0.15, -0.1) is 0 Å². The Balaban J connectivity index is 1.85. The van der Waals surface area contributed by atoms with E-state index in [1.165, 1.54) is 12.8 Å². The quantitative estimate of drug-likeness (QED) is 0.861. The van der Waals surface area contributed by atoms with Crippen LogP contribution in [0, 0.1) is 0 Å². The maximum Gasteiger partial charge on any atom is 0.135 e. The van der Waals surface area contributed by atoms with E-state index in [9.17, 15) is 0 Å². The van der Waals surface area contributed by atoms with Crippen LogP contribution in [-0.4, -0.2) is 24.1 Å². The topological polar surface area (TPSA) is 41.0 Å². The third kappa shape index (κ3) is 3.10. The Bertz CT molecular complexity index is 623. The minimum absolute atomic E-state index is 0.543. The summed E-state index contributed by atoms with van der Waals surface area (Å²) in [6.07, 6.45) is 2.40. The van der Waals surface area contributed by atoms with Crippen LogP contribution < -0.4 is 10.2 Å². The Labute approximate surface area is 127 Å². The highest BCUT2D eigenvalue weighted by molar-refractivity contribution is 9.10. The smallest absolute Gasteiger partial charge is 0.135 e. The van der Waals surface area contributed by atoms with Gasteiger partial charge in [0.25, 0.3) is 0 Å². The molecule has 1 aromatic carbocycles. The van der Waals surface area contributed by atoms with Crippen LogP contribution in [-0.2, 0) is 0 Å². The van der Waals surface area contributed by atoms with Gasteiger partial charge in [0.1, 0.15) is 16.2 Å². The van der Waals surface area contributed by atoms with Gasteiger partial charge in [-0.05, 0) is 47.0 Å². The van der Waals surface area contributed by atoms with E-state index in [-0.39, 0.29) is 0 Å². The van der Waals surface area contributed by atoms with E-state index >= 15 is 0 Å². The van der Waals surface area contributed by atoms with E-state index in [0.717, 1.165) is 27.6 Å². The molecule has 4 nitrogen and oxygen atoms in total. The molecule has 2 aromatic rings. The highest BCUT2D eigenvalue weighted by Gasteiger charge is 2.27. The van der Waals surface area contributed by atoms with Crippen molar-refractivity contribution in [3.8, 4) is 0 Å². The molecule has 104 valence electrons.